The fourth-order valence-corrected chi connectivity index (χ4v) is 1.73. The largest absolute Gasteiger partial charge is 0.365 e. The normalized spacial score (nSPS) is 13.7. The average Bonchev–Trinajstić information content (AvgIpc) is 2.33. The summed E-state index contributed by atoms with van der Waals surface area (Å²) in [5.41, 5.74) is 8.21. The van der Waals surface area contributed by atoms with Crippen LogP contribution in [-0.2, 0) is 9.59 Å². The van der Waals surface area contributed by atoms with Gasteiger partial charge in [-0.2, -0.15) is 0 Å². The molecule has 0 saturated heterocycles. The number of anilines is 1. The first kappa shape index (κ1) is 15.2. The van der Waals surface area contributed by atoms with E-state index >= 15 is 0 Å². The van der Waals surface area contributed by atoms with Crippen LogP contribution in [0.3, 0.4) is 0 Å². The molecule has 19 heavy (non-hydrogen) atoms. The Labute approximate surface area is 113 Å². The Kier molecular flexibility index (Phi) is 5.06. The second-order valence-electron chi connectivity index (χ2n) is 4.94. The highest BCUT2D eigenvalue weighted by Gasteiger charge is 2.21. The van der Waals surface area contributed by atoms with Gasteiger partial charge < -0.3 is 16.0 Å². The van der Waals surface area contributed by atoms with Gasteiger partial charge in [-0.05, 0) is 38.0 Å². The van der Waals surface area contributed by atoms with Gasteiger partial charge in [0.25, 0.3) is 11.8 Å². The summed E-state index contributed by atoms with van der Waals surface area (Å²) in [6.45, 7) is 5.88. The lowest BCUT2D eigenvalue weighted by Gasteiger charge is -2.19. The van der Waals surface area contributed by atoms with Crippen molar-refractivity contribution in [3.63, 3.8) is 0 Å². The van der Waals surface area contributed by atoms with E-state index in [0.29, 0.717) is 0 Å². The zero-order valence-corrected chi connectivity index (χ0v) is 11.9. The second-order valence-corrected chi connectivity index (χ2v) is 4.94. The lowest BCUT2D eigenvalue weighted by Crippen LogP contribution is -3.15. The van der Waals surface area contributed by atoms with Crippen molar-refractivity contribution in [2.24, 2.45) is 5.73 Å². The molecule has 5 nitrogen and oxygen atoms in total. The van der Waals surface area contributed by atoms with Gasteiger partial charge in [0.2, 0.25) is 0 Å². The minimum atomic E-state index is -0.406. The molecule has 5 heteroatoms. The SMILES string of the molecule is Cc1cccc(NC(=O)C[NH+](C)[C@H](C)C(N)=O)c1C. The van der Waals surface area contributed by atoms with Crippen molar-refractivity contribution in [3.05, 3.63) is 29.3 Å². The average molecular weight is 264 g/mol. The number of amides is 2. The third kappa shape index (κ3) is 4.06. The number of aryl methyl sites for hydroxylation is 1. The molecule has 0 aromatic heterocycles. The van der Waals surface area contributed by atoms with E-state index in [-0.39, 0.29) is 18.5 Å². The number of benzene rings is 1. The molecular weight excluding hydrogens is 242 g/mol. The molecular formula is C14H22N3O2+. The first-order chi connectivity index (χ1) is 8.82. The van der Waals surface area contributed by atoms with Crippen molar-refractivity contribution in [3.8, 4) is 0 Å². The molecule has 1 unspecified atom stereocenters. The van der Waals surface area contributed by atoms with Gasteiger partial charge in [-0.25, -0.2) is 0 Å². The molecule has 0 aliphatic carbocycles. The first-order valence-corrected chi connectivity index (χ1v) is 6.30. The minimum absolute atomic E-state index is 0.126. The molecule has 104 valence electrons. The van der Waals surface area contributed by atoms with Crippen molar-refractivity contribution >= 4 is 17.5 Å². The second kappa shape index (κ2) is 6.33. The quantitative estimate of drug-likeness (QED) is 0.678. The Morgan fingerprint density at radius 1 is 1.37 bits per heavy atom. The van der Waals surface area contributed by atoms with Crippen LogP contribution in [0.2, 0.25) is 0 Å². The summed E-state index contributed by atoms with van der Waals surface area (Å²) in [5, 5.41) is 2.86. The topological polar surface area (TPSA) is 76.6 Å². The molecule has 4 N–H and O–H groups in total. The number of hydrogen-bond donors (Lipinski definition) is 3. The van der Waals surface area contributed by atoms with Gasteiger partial charge in [-0.1, -0.05) is 12.1 Å². The minimum Gasteiger partial charge on any atom is -0.365 e. The third-order valence-electron chi connectivity index (χ3n) is 3.48. The Bertz CT molecular complexity index is 486. The Morgan fingerprint density at radius 2 is 2.00 bits per heavy atom. The fraction of sp³-hybridized carbons (Fsp3) is 0.429. The number of rotatable bonds is 5. The highest BCUT2D eigenvalue weighted by Crippen LogP contribution is 2.17. The Morgan fingerprint density at radius 3 is 2.58 bits per heavy atom. The van der Waals surface area contributed by atoms with E-state index in [9.17, 15) is 9.59 Å². The van der Waals surface area contributed by atoms with Gasteiger partial charge in [0, 0.05) is 5.69 Å². The van der Waals surface area contributed by atoms with Gasteiger partial charge in [0.1, 0.15) is 0 Å². The van der Waals surface area contributed by atoms with E-state index in [1.165, 1.54) is 0 Å². The van der Waals surface area contributed by atoms with E-state index < -0.39 is 5.91 Å². The summed E-state index contributed by atoms with van der Waals surface area (Å²) in [7, 11) is 1.78. The fourth-order valence-electron chi connectivity index (χ4n) is 1.73. The van der Waals surface area contributed by atoms with Crippen molar-refractivity contribution in [1.29, 1.82) is 0 Å². The van der Waals surface area contributed by atoms with E-state index in [0.717, 1.165) is 21.7 Å². The standard InChI is InChI=1S/C14H21N3O2/c1-9-6-5-7-12(10(9)2)16-13(18)8-17(4)11(3)14(15)19/h5-7,11H,8H2,1-4H3,(H2,15,19)(H,16,18)/p+1/t11-/m1/s1. The van der Waals surface area contributed by atoms with Crippen LogP contribution in [0.1, 0.15) is 18.1 Å². The van der Waals surface area contributed by atoms with Crippen molar-refractivity contribution in [1.82, 2.24) is 0 Å². The van der Waals surface area contributed by atoms with E-state index in [1.807, 2.05) is 32.0 Å². The molecule has 2 atom stereocenters. The maximum Gasteiger partial charge on any atom is 0.279 e. The van der Waals surface area contributed by atoms with Gasteiger partial charge in [0.05, 0.1) is 7.05 Å². The van der Waals surface area contributed by atoms with E-state index in [4.69, 9.17) is 5.73 Å². The summed E-state index contributed by atoms with van der Waals surface area (Å²) in [6.07, 6.45) is 0. The molecule has 0 fully saturated rings. The molecule has 0 radical (unpaired) electrons. The smallest absolute Gasteiger partial charge is 0.279 e. The van der Waals surface area contributed by atoms with Crippen molar-refractivity contribution in [2.75, 3.05) is 18.9 Å². The lowest BCUT2D eigenvalue weighted by atomic mass is 10.1. The number of nitrogens with one attached hydrogen (secondary N) is 2. The number of likely N-dealkylation sites (N-methyl/N-ethyl adjacent to an activating group) is 1. The van der Waals surface area contributed by atoms with Crippen LogP contribution >= 0.6 is 0 Å². The molecule has 0 heterocycles. The molecule has 1 rings (SSSR count). The number of carbonyl (C=O) groups excluding carboxylic acids is 2. The summed E-state index contributed by atoms with van der Waals surface area (Å²) >= 11 is 0. The maximum atomic E-state index is 11.9. The van der Waals surface area contributed by atoms with Crippen LogP contribution < -0.4 is 16.0 Å². The molecule has 0 aliphatic heterocycles. The summed E-state index contributed by atoms with van der Waals surface area (Å²) in [6, 6.07) is 5.38. The van der Waals surface area contributed by atoms with Crippen LogP contribution in [0.25, 0.3) is 0 Å². The molecule has 0 bridgehead atoms. The monoisotopic (exact) mass is 264 g/mol. The summed E-state index contributed by atoms with van der Waals surface area (Å²) in [4.78, 5) is 23.8. The van der Waals surface area contributed by atoms with Gasteiger partial charge in [-0.15, -0.1) is 0 Å². The first-order valence-electron chi connectivity index (χ1n) is 6.30. The molecule has 0 saturated carbocycles. The van der Waals surface area contributed by atoms with Gasteiger partial charge in [0.15, 0.2) is 12.6 Å². The number of quaternary nitrogens is 1. The van der Waals surface area contributed by atoms with E-state index in [2.05, 4.69) is 5.32 Å². The Balaban J connectivity index is 2.66. The predicted molar refractivity (Wildman–Crippen MR) is 75.0 cm³/mol. The number of carbonyl (C=O) groups is 2. The van der Waals surface area contributed by atoms with Gasteiger partial charge >= 0.3 is 0 Å². The molecule has 1 aromatic carbocycles. The molecule has 0 spiro atoms. The van der Waals surface area contributed by atoms with Crippen LogP contribution in [0.4, 0.5) is 5.69 Å². The van der Waals surface area contributed by atoms with E-state index in [1.54, 1.807) is 14.0 Å². The van der Waals surface area contributed by atoms with Gasteiger partial charge in [-0.3, -0.25) is 9.59 Å². The van der Waals surface area contributed by atoms with Crippen molar-refractivity contribution < 1.29 is 14.5 Å². The van der Waals surface area contributed by atoms with Crippen LogP contribution in [0.15, 0.2) is 18.2 Å². The maximum absolute atomic E-state index is 11.9. The zero-order valence-electron chi connectivity index (χ0n) is 11.9. The number of hydrogen-bond acceptors (Lipinski definition) is 2. The third-order valence-corrected chi connectivity index (χ3v) is 3.48. The van der Waals surface area contributed by atoms with Crippen molar-refractivity contribution in [2.45, 2.75) is 26.8 Å². The highest BCUT2D eigenvalue weighted by molar-refractivity contribution is 5.92. The highest BCUT2D eigenvalue weighted by atomic mass is 16.2. The predicted octanol–water partition coefficient (Wildman–Crippen LogP) is -0.370. The van der Waals surface area contributed by atoms with Crippen LogP contribution in [0, 0.1) is 13.8 Å². The summed E-state index contributed by atoms with van der Waals surface area (Å²) < 4.78 is 0. The lowest BCUT2D eigenvalue weighted by molar-refractivity contribution is -0.885. The zero-order chi connectivity index (χ0) is 14.6. The number of nitrogens with two attached hydrogens (primary N) is 1. The molecule has 1 aromatic rings. The summed E-state index contributed by atoms with van der Waals surface area (Å²) in [5.74, 6) is -0.531. The van der Waals surface area contributed by atoms with Crippen LogP contribution in [-0.4, -0.2) is 31.4 Å². The van der Waals surface area contributed by atoms with Crippen LogP contribution in [0.5, 0.6) is 0 Å². The Hall–Kier alpha value is -1.88. The molecule has 0 aliphatic rings. The molecule has 2 amide bonds. The number of primary amides is 1.